The summed E-state index contributed by atoms with van der Waals surface area (Å²) in [6, 6.07) is 12.6. The van der Waals surface area contributed by atoms with Crippen molar-refractivity contribution in [1.29, 1.82) is 5.26 Å². The monoisotopic (exact) mass is 305 g/mol. The molecule has 0 saturated heterocycles. The van der Waals surface area contributed by atoms with Crippen LogP contribution in [0, 0.1) is 25.2 Å². The van der Waals surface area contributed by atoms with E-state index < -0.39 is 0 Å². The van der Waals surface area contributed by atoms with E-state index in [0.29, 0.717) is 28.0 Å². The van der Waals surface area contributed by atoms with Gasteiger partial charge in [0.15, 0.2) is 11.0 Å². The first-order valence-electron chi connectivity index (χ1n) is 7.17. The Hall–Kier alpha value is -3.06. The van der Waals surface area contributed by atoms with E-state index in [0.717, 1.165) is 16.7 Å². The highest BCUT2D eigenvalue weighted by molar-refractivity contribution is 5.86. The van der Waals surface area contributed by atoms with E-state index >= 15 is 0 Å². The molecule has 1 aromatic heterocycles. The second-order valence-electron chi connectivity index (χ2n) is 5.39. The number of rotatable bonds is 2. The number of hydrogen-bond acceptors (Lipinski definition) is 4. The smallest absolute Gasteiger partial charge is 0.193 e. The minimum absolute atomic E-state index is 0.163. The first-order chi connectivity index (χ1) is 11.0. The van der Waals surface area contributed by atoms with Gasteiger partial charge in [0, 0.05) is 11.6 Å². The molecule has 0 saturated carbocycles. The van der Waals surface area contributed by atoms with Crippen LogP contribution in [0.5, 0.6) is 5.75 Å². The van der Waals surface area contributed by atoms with Gasteiger partial charge in [-0.05, 0) is 43.2 Å². The summed E-state index contributed by atoms with van der Waals surface area (Å²) in [6.07, 6.45) is 0. The molecule has 0 amide bonds. The van der Waals surface area contributed by atoms with E-state index in [-0.39, 0.29) is 5.43 Å². The minimum atomic E-state index is -0.163. The first-order valence-corrected chi connectivity index (χ1v) is 7.17. The van der Waals surface area contributed by atoms with Crippen LogP contribution in [0.3, 0.4) is 0 Å². The van der Waals surface area contributed by atoms with Gasteiger partial charge in [0.1, 0.15) is 17.6 Å². The van der Waals surface area contributed by atoms with Crippen molar-refractivity contribution in [3.8, 4) is 23.1 Å². The van der Waals surface area contributed by atoms with Crippen molar-refractivity contribution in [3.05, 3.63) is 63.3 Å². The summed E-state index contributed by atoms with van der Waals surface area (Å²) in [5.74, 6) is 1.09. The van der Waals surface area contributed by atoms with Crippen LogP contribution >= 0.6 is 0 Å². The van der Waals surface area contributed by atoms with Gasteiger partial charge in [-0.2, -0.15) is 5.26 Å². The molecule has 4 nitrogen and oxygen atoms in total. The zero-order chi connectivity index (χ0) is 16.6. The number of benzene rings is 2. The first kappa shape index (κ1) is 14.9. The van der Waals surface area contributed by atoms with Crippen LogP contribution < -0.4 is 10.2 Å². The summed E-state index contributed by atoms with van der Waals surface area (Å²) >= 11 is 0. The minimum Gasteiger partial charge on any atom is -0.497 e. The lowest BCUT2D eigenvalue weighted by molar-refractivity contribution is 0.415. The van der Waals surface area contributed by atoms with E-state index in [1.54, 1.807) is 19.2 Å². The predicted molar refractivity (Wildman–Crippen MR) is 88.7 cm³/mol. The summed E-state index contributed by atoms with van der Waals surface area (Å²) in [5, 5.41) is 9.87. The van der Waals surface area contributed by atoms with E-state index in [1.165, 1.54) is 6.07 Å². The molecular weight excluding hydrogens is 290 g/mol. The average Bonchev–Trinajstić information content (AvgIpc) is 2.57. The summed E-state index contributed by atoms with van der Waals surface area (Å²) in [4.78, 5) is 12.5. The zero-order valence-electron chi connectivity index (χ0n) is 13.1. The lowest BCUT2D eigenvalue weighted by atomic mass is 10.00. The highest BCUT2D eigenvalue weighted by atomic mass is 16.5. The Morgan fingerprint density at radius 1 is 1.17 bits per heavy atom. The molecule has 0 atom stereocenters. The molecule has 0 fully saturated rings. The molecule has 0 aliphatic heterocycles. The molecule has 0 N–H and O–H groups in total. The molecule has 0 unspecified atom stereocenters. The van der Waals surface area contributed by atoms with Gasteiger partial charge in [0.25, 0.3) is 0 Å². The summed E-state index contributed by atoms with van der Waals surface area (Å²) in [7, 11) is 1.58. The van der Waals surface area contributed by atoms with Crippen molar-refractivity contribution in [3.63, 3.8) is 0 Å². The van der Waals surface area contributed by atoms with Crippen molar-refractivity contribution in [2.75, 3.05) is 7.11 Å². The quantitative estimate of drug-likeness (QED) is 0.719. The molecule has 1 heterocycles. The Morgan fingerprint density at radius 3 is 2.65 bits per heavy atom. The fourth-order valence-electron chi connectivity index (χ4n) is 2.57. The van der Waals surface area contributed by atoms with E-state index in [4.69, 9.17) is 9.15 Å². The summed E-state index contributed by atoms with van der Waals surface area (Å²) in [6.45, 7) is 3.73. The zero-order valence-corrected chi connectivity index (χ0v) is 13.1. The second-order valence-corrected chi connectivity index (χ2v) is 5.39. The molecule has 0 radical (unpaired) electrons. The van der Waals surface area contributed by atoms with Crippen molar-refractivity contribution in [1.82, 2.24) is 0 Å². The molecule has 0 spiro atoms. The van der Waals surface area contributed by atoms with Crippen LogP contribution in [0.2, 0.25) is 0 Å². The Morgan fingerprint density at radius 2 is 1.96 bits per heavy atom. The number of ether oxygens (including phenoxy) is 1. The SMILES string of the molecule is COc1cccc(-c2cc(=O)c3cc(C)c(C)c(C#N)c3o2)c1. The van der Waals surface area contributed by atoms with Crippen LogP contribution in [0.4, 0.5) is 0 Å². The van der Waals surface area contributed by atoms with Crippen molar-refractivity contribution in [2.45, 2.75) is 13.8 Å². The number of nitrogens with zero attached hydrogens (tertiary/aromatic N) is 1. The van der Waals surface area contributed by atoms with Gasteiger partial charge in [-0.15, -0.1) is 0 Å². The maximum atomic E-state index is 12.5. The van der Waals surface area contributed by atoms with Gasteiger partial charge in [-0.1, -0.05) is 12.1 Å². The van der Waals surface area contributed by atoms with Crippen molar-refractivity contribution < 1.29 is 9.15 Å². The highest BCUT2D eigenvalue weighted by Crippen LogP contribution is 2.29. The Labute approximate surface area is 133 Å². The standard InChI is InChI=1S/C19H15NO3/c1-11-7-15-17(21)9-18(13-5-4-6-14(8-13)22-3)23-19(15)16(10-20)12(11)2/h4-9H,1-3H3. The maximum absolute atomic E-state index is 12.5. The lowest BCUT2D eigenvalue weighted by Gasteiger charge is -2.09. The van der Waals surface area contributed by atoms with Crippen molar-refractivity contribution >= 4 is 11.0 Å². The number of methoxy groups -OCH3 is 1. The fourth-order valence-corrected chi connectivity index (χ4v) is 2.57. The molecule has 0 aliphatic rings. The molecular formula is C19H15NO3. The topological polar surface area (TPSA) is 63.2 Å². The average molecular weight is 305 g/mol. The van der Waals surface area contributed by atoms with Gasteiger partial charge < -0.3 is 9.15 Å². The van der Waals surface area contributed by atoms with E-state index in [2.05, 4.69) is 6.07 Å². The normalized spacial score (nSPS) is 10.5. The number of aryl methyl sites for hydroxylation is 1. The maximum Gasteiger partial charge on any atom is 0.193 e. The molecule has 0 aliphatic carbocycles. The Kier molecular flexibility index (Phi) is 3.63. The Balaban J connectivity index is 2.35. The van der Waals surface area contributed by atoms with Crippen LogP contribution in [0.1, 0.15) is 16.7 Å². The molecule has 4 heteroatoms. The van der Waals surface area contributed by atoms with Gasteiger partial charge in [0.05, 0.1) is 18.1 Å². The van der Waals surface area contributed by atoms with Crippen LogP contribution in [-0.4, -0.2) is 7.11 Å². The predicted octanol–water partition coefficient (Wildman–Crippen LogP) is 3.96. The highest BCUT2D eigenvalue weighted by Gasteiger charge is 2.14. The molecule has 114 valence electrons. The third-order valence-corrected chi connectivity index (χ3v) is 4.00. The fraction of sp³-hybridized carbons (Fsp3) is 0.158. The third-order valence-electron chi connectivity index (χ3n) is 4.00. The third kappa shape index (κ3) is 2.47. The van der Waals surface area contributed by atoms with Crippen molar-refractivity contribution in [2.24, 2.45) is 0 Å². The lowest BCUT2D eigenvalue weighted by Crippen LogP contribution is -2.03. The second kappa shape index (κ2) is 5.62. The summed E-state index contributed by atoms with van der Waals surface area (Å²) < 4.78 is 11.1. The summed E-state index contributed by atoms with van der Waals surface area (Å²) in [5.41, 5.74) is 3.03. The molecule has 0 bridgehead atoms. The molecule has 23 heavy (non-hydrogen) atoms. The number of nitriles is 1. The molecule has 3 aromatic rings. The Bertz CT molecular complexity index is 1010. The molecule has 3 rings (SSSR count). The molecule has 2 aromatic carbocycles. The van der Waals surface area contributed by atoms with Gasteiger partial charge in [-0.3, -0.25) is 4.79 Å². The van der Waals surface area contributed by atoms with Gasteiger partial charge >= 0.3 is 0 Å². The van der Waals surface area contributed by atoms with Gasteiger partial charge in [-0.25, -0.2) is 0 Å². The van der Waals surface area contributed by atoms with Gasteiger partial charge in [0.2, 0.25) is 0 Å². The van der Waals surface area contributed by atoms with Crippen LogP contribution in [0.25, 0.3) is 22.3 Å². The van der Waals surface area contributed by atoms with E-state index in [1.807, 2.05) is 32.0 Å². The van der Waals surface area contributed by atoms with E-state index in [9.17, 15) is 10.1 Å². The van der Waals surface area contributed by atoms with Crippen LogP contribution in [-0.2, 0) is 0 Å². The van der Waals surface area contributed by atoms with Crippen LogP contribution in [0.15, 0.2) is 45.6 Å². The number of fused-ring (bicyclic) bond motifs is 1. The number of hydrogen-bond donors (Lipinski definition) is 0. The largest absolute Gasteiger partial charge is 0.497 e.